The Morgan fingerprint density at radius 1 is 1.42 bits per heavy atom. The number of hydrogen-bond donors (Lipinski definition) is 0. The molecule has 0 N–H and O–H groups in total. The minimum atomic E-state index is -0.325. The van der Waals surface area contributed by atoms with Gasteiger partial charge in [-0.15, -0.1) is 0 Å². The standard InChI is InChI=1S/C10H18OS/c1-9-3-4-10(9)12(2)7-5-11-6-8-12/h3,10H,4-8H2,1-2H3/t10-/m1/s1. The lowest BCUT2D eigenvalue weighted by atomic mass is 10.0. The summed E-state index contributed by atoms with van der Waals surface area (Å²) in [6.45, 7) is 4.31. The summed E-state index contributed by atoms with van der Waals surface area (Å²) in [7, 11) is -0.325. The van der Waals surface area contributed by atoms with Crippen molar-refractivity contribution in [1.82, 2.24) is 0 Å². The molecule has 0 amide bonds. The fourth-order valence-electron chi connectivity index (χ4n) is 2.12. The molecular formula is C10H18OS. The van der Waals surface area contributed by atoms with Crippen LogP contribution in [0, 0.1) is 0 Å². The molecule has 0 spiro atoms. The van der Waals surface area contributed by atoms with Crippen molar-refractivity contribution in [3.8, 4) is 0 Å². The maximum absolute atomic E-state index is 5.42. The average Bonchev–Trinajstić information content (AvgIpc) is 2.02. The van der Waals surface area contributed by atoms with Crippen molar-refractivity contribution in [2.45, 2.75) is 18.6 Å². The molecule has 1 heterocycles. The van der Waals surface area contributed by atoms with Crippen LogP contribution in [0.2, 0.25) is 0 Å². The van der Waals surface area contributed by atoms with Gasteiger partial charge in [0, 0.05) is 16.8 Å². The highest BCUT2D eigenvalue weighted by atomic mass is 32.3. The third kappa shape index (κ3) is 1.31. The molecule has 12 heavy (non-hydrogen) atoms. The van der Waals surface area contributed by atoms with Gasteiger partial charge in [-0.1, -0.05) is 11.6 Å². The second-order valence-electron chi connectivity index (χ2n) is 4.04. The van der Waals surface area contributed by atoms with E-state index in [9.17, 15) is 0 Å². The van der Waals surface area contributed by atoms with E-state index >= 15 is 0 Å². The molecule has 2 rings (SSSR count). The average molecular weight is 186 g/mol. The van der Waals surface area contributed by atoms with E-state index in [4.69, 9.17) is 4.74 Å². The molecule has 0 aromatic heterocycles. The Bertz CT molecular complexity index is 204. The largest absolute Gasteiger partial charge is 0.380 e. The molecule has 0 radical (unpaired) electrons. The molecule has 1 nitrogen and oxygen atoms in total. The maximum Gasteiger partial charge on any atom is 0.0542 e. The van der Waals surface area contributed by atoms with E-state index in [-0.39, 0.29) is 10.0 Å². The highest BCUT2D eigenvalue weighted by Crippen LogP contribution is 2.56. The smallest absolute Gasteiger partial charge is 0.0542 e. The summed E-state index contributed by atoms with van der Waals surface area (Å²) in [5.41, 5.74) is 1.65. The number of rotatable bonds is 1. The summed E-state index contributed by atoms with van der Waals surface area (Å²) in [4.78, 5) is 0. The van der Waals surface area contributed by atoms with Crippen molar-refractivity contribution in [2.75, 3.05) is 31.0 Å². The molecule has 1 saturated heterocycles. The van der Waals surface area contributed by atoms with Crippen molar-refractivity contribution in [2.24, 2.45) is 0 Å². The van der Waals surface area contributed by atoms with E-state index < -0.39 is 0 Å². The van der Waals surface area contributed by atoms with Crippen molar-refractivity contribution >= 4 is 10.0 Å². The Morgan fingerprint density at radius 2 is 2.08 bits per heavy atom. The predicted molar refractivity (Wildman–Crippen MR) is 56.2 cm³/mol. The molecular weight excluding hydrogens is 168 g/mol. The fourth-order valence-corrected chi connectivity index (χ4v) is 5.44. The Balaban J connectivity index is 2.04. The topological polar surface area (TPSA) is 9.23 Å². The van der Waals surface area contributed by atoms with Gasteiger partial charge in [0.2, 0.25) is 0 Å². The normalized spacial score (nSPS) is 36.5. The molecule has 0 bridgehead atoms. The Labute approximate surface area is 76.5 Å². The van der Waals surface area contributed by atoms with Crippen molar-refractivity contribution in [1.29, 1.82) is 0 Å². The fraction of sp³-hybridized carbons (Fsp3) is 0.800. The lowest BCUT2D eigenvalue weighted by molar-refractivity contribution is 0.159. The van der Waals surface area contributed by atoms with Gasteiger partial charge in [-0.2, -0.15) is 0 Å². The Kier molecular flexibility index (Phi) is 2.21. The van der Waals surface area contributed by atoms with Crippen LogP contribution in [0.5, 0.6) is 0 Å². The third-order valence-corrected chi connectivity index (χ3v) is 7.37. The minimum Gasteiger partial charge on any atom is -0.380 e. The summed E-state index contributed by atoms with van der Waals surface area (Å²) < 4.78 is 5.42. The second-order valence-corrected chi connectivity index (χ2v) is 8.13. The number of allylic oxidation sites excluding steroid dienone is 1. The molecule has 1 fully saturated rings. The SMILES string of the molecule is CC1=CC[C@H]1S1(C)CCOCC1. The molecule has 0 unspecified atom stereocenters. The second kappa shape index (κ2) is 3.08. The van der Waals surface area contributed by atoms with E-state index in [2.05, 4.69) is 19.3 Å². The van der Waals surface area contributed by atoms with Crippen LogP contribution in [-0.4, -0.2) is 36.2 Å². The monoisotopic (exact) mass is 186 g/mol. The zero-order chi connectivity index (χ0) is 8.60. The maximum atomic E-state index is 5.42. The van der Waals surface area contributed by atoms with Gasteiger partial charge in [-0.05, 0) is 19.6 Å². The molecule has 1 aliphatic carbocycles. The molecule has 1 atom stereocenters. The molecule has 2 aliphatic rings. The zero-order valence-electron chi connectivity index (χ0n) is 8.01. The molecule has 2 heteroatoms. The van der Waals surface area contributed by atoms with Gasteiger partial charge in [-0.25, -0.2) is 10.0 Å². The van der Waals surface area contributed by atoms with Crippen LogP contribution in [0.15, 0.2) is 11.6 Å². The van der Waals surface area contributed by atoms with E-state index in [0.717, 1.165) is 18.5 Å². The van der Waals surface area contributed by atoms with Crippen LogP contribution in [0.25, 0.3) is 0 Å². The van der Waals surface area contributed by atoms with Gasteiger partial charge in [0.05, 0.1) is 13.2 Å². The van der Waals surface area contributed by atoms with Crippen LogP contribution < -0.4 is 0 Å². The summed E-state index contributed by atoms with van der Waals surface area (Å²) in [5, 5.41) is 0.946. The van der Waals surface area contributed by atoms with Crippen LogP contribution in [0.1, 0.15) is 13.3 Å². The van der Waals surface area contributed by atoms with Crippen molar-refractivity contribution in [3.05, 3.63) is 11.6 Å². The highest BCUT2D eigenvalue weighted by molar-refractivity contribution is 8.33. The first kappa shape index (κ1) is 8.64. The van der Waals surface area contributed by atoms with Gasteiger partial charge in [0.15, 0.2) is 0 Å². The van der Waals surface area contributed by atoms with Crippen LogP contribution in [-0.2, 0) is 4.74 Å². The zero-order valence-corrected chi connectivity index (χ0v) is 8.82. The Hall–Kier alpha value is 0.0500. The van der Waals surface area contributed by atoms with E-state index in [1.54, 1.807) is 5.57 Å². The van der Waals surface area contributed by atoms with Crippen LogP contribution in [0.4, 0.5) is 0 Å². The quantitative estimate of drug-likeness (QED) is 0.570. The van der Waals surface area contributed by atoms with E-state index in [1.807, 2.05) is 0 Å². The van der Waals surface area contributed by atoms with Gasteiger partial charge < -0.3 is 4.74 Å². The first-order chi connectivity index (χ1) is 5.72. The lowest BCUT2D eigenvalue weighted by Crippen LogP contribution is -2.34. The molecule has 0 saturated carbocycles. The first-order valence-electron chi connectivity index (χ1n) is 4.69. The number of hydrogen-bond acceptors (Lipinski definition) is 1. The van der Waals surface area contributed by atoms with Crippen molar-refractivity contribution < 1.29 is 4.74 Å². The summed E-state index contributed by atoms with van der Waals surface area (Å²) in [6, 6.07) is 0. The summed E-state index contributed by atoms with van der Waals surface area (Å²) in [5.74, 6) is 2.67. The van der Waals surface area contributed by atoms with Crippen molar-refractivity contribution in [3.63, 3.8) is 0 Å². The van der Waals surface area contributed by atoms with Gasteiger partial charge in [0.1, 0.15) is 0 Å². The van der Waals surface area contributed by atoms with Crippen LogP contribution in [0.3, 0.4) is 0 Å². The van der Waals surface area contributed by atoms with E-state index in [1.165, 1.54) is 17.9 Å². The van der Waals surface area contributed by atoms with Gasteiger partial charge in [-0.3, -0.25) is 0 Å². The Morgan fingerprint density at radius 3 is 2.50 bits per heavy atom. The van der Waals surface area contributed by atoms with Gasteiger partial charge >= 0.3 is 0 Å². The van der Waals surface area contributed by atoms with E-state index in [0.29, 0.717) is 0 Å². The summed E-state index contributed by atoms with van der Waals surface area (Å²) >= 11 is 0. The minimum absolute atomic E-state index is 0.325. The molecule has 0 aromatic carbocycles. The first-order valence-corrected chi connectivity index (χ1v) is 7.14. The molecule has 70 valence electrons. The van der Waals surface area contributed by atoms with Gasteiger partial charge in [0.25, 0.3) is 0 Å². The lowest BCUT2D eigenvalue weighted by Gasteiger charge is -2.49. The molecule has 1 aliphatic heterocycles. The third-order valence-electron chi connectivity index (χ3n) is 3.24. The molecule has 0 aromatic rings. The highest BCUT2D eigenvalue weighted by Gasteiger charge is 2.34. The predicted octanol–water partition coefficient (Wildman–Crippen LogP) is 2.17. The van der Waals surface area contributed by atoms with Crippen LogP contribution >= 0.6 is 10.0 Å². The number of ether oxygens (including phenoxy) is 1. The summed E-state index contributed by atoms with van der Waals surface area (Å²) in [6.07, 6.45) is 6.24.